The van der Waals surface area contributed by atoms with Crippen molar-refractivity contribution in [3.63, 3.8) is 0 Å². The van der Waals surface area contributed by atoms with E-state index in [1.807, 2.05) is 0 Å². The third-order valence-corrected chi connectivity index (χ3v) is 3.50. The molecule has 0 spiro atoms. The van der Waals surface area contributed by atoms with Gasteiger partial charge in [-0.2, -0.15) is 0 Å². The van der Waals surface area contributed by atoms with Gasteiger partial charge in [0.2, 0.25) is 0 Å². The number of rotatable bonds is 1. The molecule has 0 atom stereocenters. The molecule has 0 aliphatic carbocycles. The van der Waals surface area contributed by atoms with E-state index in [1.54, 1.807) is 47.2 Å². The average Bonchev–Trinajstić information content (AvgIpc) is 2.39. The third-order valence-electron chi connectivity index (χ3n) is 3.10. The highest BCUT2D eigenvalue weighted by atomic mass is 32.1. The molecule has 0 radical (unpaired) electrons. The van der Waals surface area contributed by atoms with Crippen LogP contribution in [-0.2, 0) is 0 Å². The van der Waals surface area contributed by atoms with Crippen molar-refractivity contribution >= 4 is 23.0 Å². The molecule has 1 aromatic heterocycles. The number of hydrogen-bond donors (Lipinski definition) is 3. The second kappa shape index (κ2) is 4.54. The summed E-state index contributed by atoms with van der Waals surface area (Å²) in [6, 6.07) is 11.2. The van der Waals surface area contributed by atoms with E-state index >= 15 is 0 Å². The van der Waals surface area contributed by atoms with E-state index < -0.39 is 0 Å². The zero-order valence-electron chi connectivity index (χ0n) is 10.3. The van der Waals surface area contributed by atoms with Crippen molar-refractivity contribution in [3.8, 4) is 22.9 Å². The minimum atomic E-state index is -0.0573. The van der Waals surface area contributed by atoms with E-state index in [2.05, 4.69) is 0 Å². The van der Waals surface area contributed by atoms with Crippen LogP contribution in [0.1, 0.15) is 0 Å². The van der Waals surface area contributed by atoms with Crippen molar-refractivity contribution in [2.75, 3.05) is 0 Å². The fourth-order valence-corrected chi connectivity index (χ4v) is 2.55. The van der Waals surface area contributed by atoms with Gasteiger partial charge in [0.1, 0.15) is 21.9 Å². The molecule has 1 heterocycles. The molecule has 3 aromatic rings. The number of pyridine rings is 1. The van der Waals surface area contributed by atoms with Gasteiger partial charge in [-0.1, -0.05) is 12.2 Å². The second-order valence-electron chi connectivity index (χ2n) is 4.44. The lowest BCUT2D eigenvalue weighted by molar-refractivity contribution is 0.455. The highest BCUT2D eigenvalue weighted by molar-refractivity contribution is 7.71. The van der Waals surface area contributed by atoms with Crippen LogP contribution in [-0.4, -0.2) is 19.9 Å². The molecular weight excluding hydrogens is 274 g/mol. The minimum Gasteiger partial charge on any atom is -0.508 e. The van der Waals surface area contributed by atoms with Gasteiger partial charge in [-0.25, -0.2) is 0 Å². The molecule has 3 rings (SSSR count). The molecule has 0 aliphatic rings. The first kappa shape index (κ1) is 12.5. The van der Waals surface area contributed by atoms with Crippen LogP contribution in [0, 0.1) is 4.64 Å². The van der Waals surface area contributed by atoms with E-state index in [1.165, 1.54) is 6.07 Å². The molecule has 2 aromatic carbocycles. The minimum absolute atomic E-state index is 0.00761. The Kier molecular flexibility index (Phi) is 2.84. The molecule has 0 saturated heterocycles. The van der Waals surface area contributed by atoms with Gasteiger partial charge in [-0.3, -0.25) is 0 Å². The predicted octanol–water partition coefficient (Wildman–Crippen LogP) is 3.48. The number of aromatic hydroxyl groups is 3. The molecule has 0 aliphatic heterocycles. The molecule has 0 bridgehead atoms. The van der Waals surface area contributed by atoms with Crippen LogP contribution in [0.25, 0.3) is 16.5 Å². The molecule has 0 saturated carbocycles. The summed E-state index contributed by atoms with van der Waals surface area (Å²) in [6.45, 7) is 0. The lowest BCUT2D eigenvalue weighted by Gasteiger charge is -2.10. The Labute approximate surface area is 119 Å². The maximum absolute atomic E-state index is 9.97. The number of phenols is 3. The zero-order chi connectivity index (χ0) is 14.3. The quantitative estimate of drug-likeness (QED) is 0.599. The maximum atomic E-state index is 9.97. The van der Waals surface area contributed by atoms with Gasteiger partial charge in [0, 0.05) is 18.0 Å². The highest BCUT2D eigenvalue weighted by Crippen LogP contribution is 2.31. The maximum Gasteiger partial charge on any atom is 0.130 e. The summed E-state index contributed by atoms with van der Waals surface area (Å²) in [4.78, 5) is 0. The second-order valence-corrected chi connectivity index (χ2v) is 4.82. The summed E-state index contributed by atoms with van der Waals surface area (Å²) in [7, 11) is 0. The van der Waals surface area contributed by atoms with Gasteiger partial charge in [0.05, 0.1) is 5.39 Å². The van der Waals surface area contributed by atoms with E-state index in [-0.39, 0.29) is 17.2 Å². The highest BCUT2D eigenvalue weighted by Gasteiger charge is 2.07. The number of nitrogens with zero attached hydrogens (tertiary/aromatic N) is 1. The first-order valence-electron chi connectivity index (χ1n) is 5.93. The molecule has 4 nitrogen and oxygen atoms in total. The Hall–Kier alpha value is -2.53. The fourth-order valence-electron chi connectivity index (χ4n) is 2.16. The van der Waals surface area contributed by atoms with Crippen LogP contribution in [0.4, 0.5) is 0 Å². The van der Waals surface area contributed by atoms with Gasteiger partial charge in [-0.05, 0) is 41.8 Å². The topological polar surface area (TPSA) is 65.6 Å². The average molecular weight is 285 g/mol. The smallest absolute Gasteiger partial charge is 0.130 e. The molecule has 3 N–H and O–H groups in total. The summed E-state index contributed by atoms with van der Waals surface area (Å²) in [6.07, 6.45) is 1.76. The Morgan fingerprint density at radius 2 is 1.55 bits per heavy atom. The Bertz CT molecular complexity index is 853. The molecule has 0 unspecified atom stereocenters. The van der Waals surface area contributed by atoms with Crippen LogP contribution in [0.5, 0.6) is 17.2 Å². The SMILES string of the molecule is Oc1ccc(-n2ccc3cc(O)cc(O)c3c2=S)cc1. The van der Waals surface area contributed by atoms with Crippen molar-refractivity contribution in [3.05, 3.63) is 53.3 Å². The van der Waals surface area contributed by atoms with E-state index in [0.29, 0.717) is 15.4 Å². The van der Waals surface area contributed by atoms with Crippen molar-refractivity contribution in [1.29, 1.82) is 0 Å². The largest absolute Gasteiger partial charge is 0.508 e. The lowest BCUT2D eigenvalue weighted by Crippen LogP contribution is -1.96. The lowest BCUT2D eigenvalue weighted by atomic mass is 10.1. The van der Waals surface area contributed by atoms with Crippen molar-refractivity contribution in [1.82, 2.24) is 4.57 Å². The number of hydrogen-bond acceptors (Lipinski definition) is 4. The van der Waals surface area contributed by atoms with Crippen LogP contribution < -0.4 is 0 Å². The molecule has 5 heteroatoms. The predicted molar refractivity (Wildman–Crippen MR) is 79.1 cm³/mol. The van der Waals surface area contributed by atoms with Gasteiger partial charge in [0.15, 0.2) is 0 Å². The molecular formula is C15H11NO3S. The van der Waals surface area contributed by atoms with Gasteiger partial charge in [0.25, 0.3) is 0 Å². The zero-order valence-corrected chi connectivity index (χ0v) is 11.1. The number of phenolic OH excluding ortho intramolecular Hbond substituents is 3. The van der Waals surface area contributed by atoms with Gasteiger partial charge >= 0.3 is 0 Å². The Morgan fingerprint density at radius 1 is 0.850 bits per heavy atom. The summed E-state index contributed by atoms with van der Waals surface area (Å²) >= 11 is 5.40. The monoisotopic (exact) mass is 285 g/mol. The van der Waals surface area contributed by atoms with Gasteiger partial charge in [-0.15, -0.1) is 0 Å². The number of aromatic nitrogens is 1. The first-order valence-corrected chi connectivity index (χ1v) is 6.34. The standard InChI is InChI=1S/C15H11NO3S/c17-11-3-1-10(2-4-11)16-6-5-9-7-12(18)8-13(19)14(9)15(16)20/h1-8,17-19H. The summed E-state index contributed by atoms with van der Waals surface area (Å²) in [5.74, 6) is 0.110. The van der Waals surface area contributed by atoms with Crippen LogP contribution in [0.15, 0.2) is 48.7 Å². The summed E-state index contributed by atoms with van der Waals surface area (Å²) < 4.78 is 2.17. The van der Waals surface area contributed by atoms with Gasteiger partial charge < -0.3 is 19.9 Å². The third kappa shape index (κ3) is 1.98. The summed E-state index contributed by atoms with van der Waals surface area (Å²) in [5, 5.41) is 30.0. The van der Waals surface area contributed by atoms with E-state index in [9.17, 15) is 15.3 Å². The first-order chi connectivity index (χ1) is 9.56. The van der Waals surface area contributed by atoms with Crippen molar-refractivity contribution in [2.24, 2.45) is 0 Å². The normalized spacial score (nSPS) is 10.8. The van der Waals surface area contributed by atoms with E-state index in [4.69, 9.17) is 12.2 Å². The van der Waals surface area contributed by atoms with Crippen molar-refractivity contribution in [2.45, 2.75) is 0 Å². The molecule has 0 amide bonds. The summed E-state index contributed by atoms with van der Waals surface area (Å²) in [5.41, 5.74) is 0.780. The molecule has 100 valence electrons. The van der Waals surface area contributed by atoms with E-state index in [0.717, 1.165) is 5.69 Å². The number of fused-ring (bicyclic) bond motifs is 1. The number of benzene rings is 2. The van der Waals surface area contributed by atoms with Crippen LogP contribution in [0.2, 0.25) is 0 Å². The van der Waals surface area contributed by atoms with Crippen molar-refractivity contribution < 1.29 is 15.3 Å². The Balaban J connectivity index is 2.31. The van der Waals surface area contributed by atoms with Crippen LogP contribution >= 0.6 is 12.2 Å². The molecule has 0 fully saturated rings. The Morgan fingerprint density at radius 3 is 2.25 bits per heavy atom. The fraction of sp³-hybridized carbons (Fsp3) is 0. The van der Waals surface area contributed by atoms with Crippen LogP contribution in [0.3, 0.4) is 0 Å². The molecule has 20 heavy (non-hydrogen) atoms.